The van der Waals surface area contributed by atoms with Gasteiger partial charge in [0.15, 0.2) is 0 Å². The molecular formula is C28H33N5O2. The van der Waals surface area contributed by atoms with E-state index < -0.39 is 5.91 Å². The Kier molecular flexibility index (Phi) is 7.98. The van der Waals surface area contributed by atoms with Gasteiger partial charge in [-0.2, -0.15) is 0 Å². The number of benzene rings is 2. The Morgan fingerprint density at radius 3 is 2.43 bits per heavy atom. The minimum atomic E-state index is -0.512. The molecule has 35 heavy (non-hydrogen) atoms. The second kappa shape index (κ2) is 11.5. The number of amides is 2. The molecule has 1 saturated heterocycles. The molecule has 1 aliphatic heterocycles. The third-order valence-electron chi connectivity index (χ3n) is 6.55. The van der Waals surface area contributed by atoms with Gasteiger partial charge in [-0.15, -0.1) is 0 Å². The van der Waals surface area contributed by atoms with Crippen molar-refractivity contribution in [3.05, 3.63) is 83.6 Å². The van der Waals surface area contributed by atoms with Crippen molar-refractivity contribution in [2.24, 2.45) is 5.73 Å². The molecule has 182 valence electrons. The zero-order valence-corrected chi connectivity index (χ0v) is 20.2. The first-order chi connectivity index (χ1) is 17.0. The summed E-state index contributed by atoms with van der Waals surface area (Å²) in [6, 6.07) is 20.4. The maximum Gasteiger partial charge on any atom is 0.252 e. The third kappa shape index (κ3) is 6.38. The van der Waals surface area contributed by atoms with E-state index in [1.165, 1.54) is 17.3 Å². The van der Waals surface area contributed by atoms with E-state index in [-0.39, 0.29) is 5.91 Å². The highest BCUT2D eigenvalue weighted by molar-refractivity contribution is 5.98. The van der Waals surface area contributed by atoms with E-state index in [9.17, 15) is 9.59 Å². The van der Waals surface area contributed by atoms with Crippen molar-refractivity contribution in [3.63, 3.8) is 0 Å². The lowest BCUT2D eigenvalue weighted by Crippen LogP contribution is -2.37. The predicted octanol–water partition coefficient (Wildman–Crippen LogP) is 4.69. The molecule has 3 aromatic rings. The molecule has 4 N–H and O–H groups in total. The van der Waals surface area contributed by atoms with Gasteiger partial charge in [0, 0.05) is 44.0 Å². The van der Waals surface area contributed by atoms with E-state index in [1.807, 2.05) is 48.2 Å². The predicted molar refractivity (Wildman–Crippen MR) is 140 cm³/mol. The highest BCUT2D eigenvalue weighted by Crippen LogP contribution is 2.30. The van der Waals surface area contributed by atoms with E-state index in [0.29, 0.717) is 36.0 Å². The van der Waals surface area contributed by atoms with Crippen LogP contribution in [0.5, 0.6) is 0 Å². The van der Waals surface area contributed by atoms with Crippen molar-refractivity contribution in [3.8, 4) is 0 Å². The smallest absolute Gasteiger partial charge is 0.252 e. The van der Waals surface area contributed by atoms with Crippen LogP contribution >= 0.6 is 0 Å². The molecule has 7 nitrogen and oxygen atoms in total. The summed E-state index contributed by atoms with van der Waals surface area (Å²) in [7, 11) is 0. The molecular weight excluding hydrogens is 438 g/mol. The van der Waals surface area contributed by atoms with Gasteiger partial charge in [-0.3, -0.25) is 9.59 Å². The van der Waals surface area contributed by atoms with Gasteiger partial charge < -0.3 is 21.3 Å². The number of piperidine rings is 1. The molecule has 0 aliphatic carbocycles. The molecule has 4 rings (SSSR count). The second-order valence-electron chi connectivity index (χ2n) is 8.90. The van der Waals surface area contributed by atoms with Crippen molar-refractivity contribution in [2.75, 3.05) is 30.3 Å². The molecule has 0 radical (unpaired) electrons. The molecule has 0 unspecified atom stereocenters. The fourth-order valence-electron chi connectivity index (χ4n) is 4.52. The minimum Gasteiger partial charge on any atom is -0.384 e. The van der Waals surface area contributed by atoms with Gasteiger partial charge in [-0.1, -0.05) is 49.4 Å². The number of nitrogens with one attached hydrogen (secondary N) is 2. The standard InChI is InChI=1S/C28H33N5O2/c1-2-27(34)33-16-13-22(14-17-33)21-8-10-23(11-9-21)32-26-18-25(24(19-31-26)28(29)35)30-15-12-20-6-4-3-5-7-20/h3-11,18-19,22H,2,12-17H2,1H3,(H2,29,35)(H2,30,31,32). The van der Waals surface area contributed by atoms with Crippen LogP contribution in [0.2, 0.25) is 0 Å². The molecule has 0 bridgehead atoms. The highest BCUT2D eigenvalue weighted by atomic mass is 16.2. The lowest BCUT2D eigenvalue weighted by Gasteiger charge is -2.32. The van der Waals surface area contributed by atoms with E-state index in [2.05, 4.69) is 39.9 Å². The van der Waals surface area contributed by atoms with Crippen LogP contribution in [-0.2, 0) is 11.2 Å². The zero-order valence-electron chi connectivity index (χ0n) is 20.2. The van der Waals surface area contributed by atoms with Gasteiger partial charge in [0.05, 0.1) is 11.3 Å². The third-order valence-corrected chi connectivity index (χ3v) is 6.55. The van der Waals surface area contributed by atoms with Gasteiger partial charge in [0.2, 0.25) is 5.91 Å². The van der Waals surface area contributed by atoms with Gasteiger partial charge in [0.25, 0.3) is 5.91 Å². The van der Waals surface area contributed by atoms with Crippen LogP contribution in [0.15, 0.2) is 66.9 Å². The Hall–Kier alpha value is -3.87. The minimum absolute atomic E-state index is 0.242. The summed E-state index contributed by atoms with van der Waals surface area (Å²) >= 11 is 0. The molecule has 1 fully saturated rings. The highest BCUT2D eigenvalue weighted by Gasteiger charge is 2.22. The van der Waals surface area contributed by atoms with Crippen molar-refractivity contribution in [1.29, 1.82) is 0 Å². The van der Waals surface area contributed by atoms with Crippen LogP contribution in [0.25, 0.3) is 0 Å². The SMILES string of the molecule is CCC(=O)N1CCC(c2ccc(Nc3cc(NCCc4ccccc4)c(C(N)=O)cn3)cc2)CC1. The maximum absolute atomic E-state index is 11.9. The number of nitrogens with zero attached hydrogens (tertiary/aromatic N) is 2. The van der Waals surface area contributed by atoms with Crippen molar-refractivity contribution >= 4 is 29.0 Å². The Labute approximate surface area is 206 Å². The number of aromatic nitrogens is 1. The summed E-state index contributed by atoms with van der Waals surface area (Å²) < 4.78 is 0. The summed E-state index contributed by atoms with van der Waals surface area (Å²) in [5, 5.41) is 6.65. The average molecular weight is 472 g/mol. The summed E-state index contributed by atoms with van der Waals surface area (Å²) in [5.41, 5.74) is 10.0. The van der Waals surface area contributed by atoms with Gasteiger partial charge in [0.1, 0.15) is 5.82 Å². The normalized spacial score (nSPS) is 13.9. The van der Waals surface area contributed by atoms with Crippen LogP contribution < -0.4 is 16.4 Å². The van der Waals surface area contributed by atoms with E-state index in [4.69, 9.17) is 5.73 Å². The summed E-state index contributed by atoms with van der Waals surface area (Å²) in [6.07, 6.45) is 4.90. The molecule has 1 aromatic heterocycles. The molecule has 7 heteroatoms. The van der Waals surface area contributed by atoms with Crippen LogP contribution in [-0.4, -0.2) is 41.3 Å². The fraction of sp³-hybridized carbons (Fsp3) is 0.321. The Morgan fingerprint density at radius 2 is 1.77 bits per heavy atom. The van der Waals surface area contributed by atoms with Gasteiger partial charge in [-0.25, -0.2) is 4.98 Å². The van der Waals surface area contributed by atoms with Crippen LogP contribution in [0.1, 0.15) is 53.6 Å². The molecule has 2 heterocycles. The Balaban J connectivity index is 1.38. The fourth-order valence-corrected chi connectivity index (χ4v) is 4.52. The average Bonchev–Trinajstić information content (AvgIpc) is 2.89. The van der Waals surface area contributed by atoms with Crippen molar-refractivity contribution < 1.29 is 9.59 Å². The Bertz CT molecular complexity index is 1140. The lowest BCUT2D eigenvalue weighted by molar-refractivity contribution is -0.131. The molecule has 1 aliphatic rings. The number of carbonyl (C=O) groups is 2. The number of rotatable bonds is 9. The van der Waals surface area contributed by atoms with Crippen LogP contribution in [0.4, 0.5) is 17.2 Å². The quantitative estimate of drug-likeness (QED) is 0.420. The van der Waals surface area contributed by atoms with Crippen LogP contribution in [0, 0.1) is 0 Å². The number of pyridine rings is 1. The van der Waals surface area contributed by atoms with Gasteiger partial charge in [-0.05, 0) is 48.4 Å². The number of hydrogen-bond acceptors (Lipinski definition) is 5. The monoisotopic (exact) mass is 471 g/mol. The Morgan fingerprint density at radius 1 is 1.06 bits per heavy atom. The number of nitrogens with two attached hydrogens (primary N) is 1. The topological polar surface area (TPSA) is 100 Å². The summed E-state index contributed by atoms with van der Waals surface area (Å²) in [6.45, 7) is 4.24. The van der Waals surface area contributed by atoms with E-state index in [1.54, 1.807) is 0 Å². The summed E-state index contributed by atoms with van der Waals surface area (Å²) in [4.78, 5) is 30.2. The summed E-state index contributed by atoms with van der Waals surface area (Å²) in [5.74, 6) is 0.837. The van der Waals surface area contributed by atoms with E-state index >= 15 is 0 Å². The zero-order chi connectivity index (χ0) is 24.6. The number of likely N-dealkylation sites (tertiary alicyclic amines) is 1. The first-order valence-electron chi connectivity index (χ1n) is 12.3. The van der Waals surface area contributed by atoms with Crippen LogP contribution in [0.3, 0.4) is 0 Å². The molecule has 0 atom stereocenters. The maximum atomic E-state index is 11.9. The second-order valence-corrected chi connectivity index (χ2v) is 8.90. The first kappa shape index (κ1) is 24.3. The molecule has 2 amide bonds. The molecule has 0 spiro atoms. The molecule has 0 saturated carbocycles. The van der Waals surface area contributed by atoms with E-state index in [0.717, 1.165) is 38.0 Å². The van der Waals surface area contributed by atoms with Gasteiger partial charge >= 0.3 is 0 Å². The number of carbonyl (C=O) groups excluding carboxylic acids is 2. The number of anilines is 3. The lowest BCUT2D eigenvalue weighted by atomic mass is 9.89. The molecule has 2 aromatic carbocycles. The first-order valence-corrected chi connectivity index (χ1v) is 12.3. The van der Waals surface area contributed by atoms with Crippen molar-refractivity contribution in [1.82, 2.24) is 9.88 Å². The van der Waals surface area contributed by atoms with Crippen molar-refractivity contribution in [2.45, 2.75) is 38.5 Å². The number of primary amides is 1. The number of hydrogen-bond donors (Lipinski definition) is 3. The largest absolute Gasteiger partial charge is 0.384 e.